The predicted molar refractivity (Wildman–Crippen MR) is 66.0 cm³/mol. The minimum Gasteiger partial charge on any atom is -0.353 e. The van der Waals surface area contributed by atoms with Gasteiger partial charge in [0.15, 0.2) is 0 Å². The maximum atomic E-state index is 10.7. The molecule has 0 aliphatic rings. The van der Waals surface area contributed by atoms with Crippen molar-refractivity contribution in [2.75, 3.05) is 17.6 Å². The highest BCUT2D eigenvalue weighted by atomic mass is 32.2. The third kappa shape index (κ3) is 3.36. The maximum absolute atomic E-state index is 10.7. The molecule has 6 nitrogen and oxygen atoms in total. The lowest BCUT2D eigenvalue weighted by Crippen LogP contribution is -2.22. The van der Waals surface area contributed by atoms with Crippen molar-refractivity contribution in [2.24, 2.45) is 5.14 Å². The molecule has 0 saturated heterocycles. The molecule has 2 rings (SSSR count). The first kappa shape index (κ1) is 11.7. The summed E-state index contributed by atoms with van der Waals surface area (Å²) in [6.07, 6.45) is 1.68. The van der Waals surface area contributed by atoms with E-state index < -0.39 is 10.0 Å². The molecule has 0 aliphatic heterocycles. The van der Waals surface area contributed by atoms with E-state index in [1.165, 1.54) is 0 Å². The van der Waals surface area contributed by atoms with Gasteiger partial charge in [-0.05, 0) is 6.07 Å². The lowest BCUT2D eigenvalue weighted by atomic mass is 10.2. The van der Waals surface area contributed by atoms with E-state index in [9.17, 15) is 8.42 Å². The van der Waals surface area contributed by atoms with Crippen molar-refractivity contribution in [1.29, 1.82) is 0 Å². The van der Waals surface area contributed by atoms with Gasteiger partial charge in [-0.3, -0.25) is 0 Å². The molecule has 1 aromatic carbocycles. The number of para-hydroxylation sites is 1. The number of benzene rings is 1. The molecule has 1 heterocycles. The zero-order chi connectivity index (χ0) is 12.3. The number of aromatic nitrogens is 2. The number of anilines is 1. The molecule has 17 heavy (non-hydrogen) atoms. The Balaban J connectivity index is 2.09. The van der Waals surface area contributed by atoms with Crippen LogP contribution in [0.15, 0.2) is 30.5 Å². The van der Waals surface area contributed by atoms with Crippen molar-refractivity contribution in [2.45, 2.75) is 0 Å². The molecule has 3 N–H and O–H groups in total. The standard InChI is InChI=1S/C10H12N4O2S/c11-17(15,16)6-5-12-10-13-7-8-3-1-2-4-9(8)14-10/h1-4,7H,5-6H2,(H2,11,15,16)(H,12,13,14). The largest absolute Gasteiger partial charge is 0.353 e. The zero-order valence-electron chi connectivity index (χ0n) is 9.00. The molecule has 1 aromatic heterocycles. The van der Waals surface area contributed by atoms with Gasteiger partial charge >= 0.3 is 0 Å². The Bertz CT molecular complexity index is 627. The molecule has 90 valence electrons. The van der Waals surface area contributed by atoms with E-state index in [1.807, 2.05) is 24.3 Å². The molecule has 0 amide bonds. The van der Waals surface area contributed by atoms with Crippen molar-refractivity contribution >= 4 is 26.9 Å². The molecule has 0 aliphatic carbocycles. The first-order valence-electron chi connectivity index (χ1n) is 5.01. The third-order valence-electron chi connectivity index (χ3n) is 2.16. The van der Waals surface area contributed by atoms with Gasteiger partial charge in [0, 0.05) is 18.1 Å². The second-order valence-corrected chi connectivity index (χ2v) is 5.28. The summed E-state index contributed by atoms with van der Waals surface area (Å²) in [6.45, 7) is 0.192. The smallest absolute Gasteiger partial charge is 0.223 e. The summed E-state index contributed by atoms with van der Waals surface area (Å²) in [6, 6.07) is 7.55. The molecule has 7 heteroatoms. The summed E-state index contributed by atoms with van der Waals surface area (Å²) < 4.78 is 21.5. The number of primary sulfonamides is 1. The van der Waals surface area contributed by atoms with Crippen molar-refractivity contribution in [3.8, 4) is 0 Å². The van der Waals surface area contributed by atoms with Crippen LogP contribution in [0.3, 0.4) is 0 Å². The normalized spacial score (nSPS) is 11.6. The molecule has 0 spiro atoms. The van der Waals surface area contributed by atoms with Crippen LogP contribution in [0.25, 0.3) is 10.9 Å². The van der Waals surface area contributed by atoms with Crippen molar-refractivity contribution < 1.29 is 8.42 Å². The SMILES string of the molecule is NS(=O)(=O)CCNc1ncc2ccccc2n1. The zero-order valence-corrected chi connectivity index (χ0v) is 9.81. The monoisotopic (exact) mass is 252 g/mol. The Morgan fingerprint density at radius 3 is 2.82 bits per heavy atom. The summed E-state index contributed by atoms with van der Waals surface area (Å²) >= 11 is 0. The van der Waals surface area contributed by atoms with Gasteiger partial charge in [-0.25, -0.2) is 23.5 Å². The first-order chi connectivity index (χ1) is 8.04. The number of rotatable bonds is 4. The van der Waals surface area contributed by atoms with Gasteiger partial charge in [0.05, 0.1) is 11.3 Å². The molecule has 0 saturated carbocycles. The van der Waals surface area contributed by atoms with Crippen molar-refractivity contribution in [3.05, 3.63) is 30.5 Å². The Labute approximate surface area is 98.9 Å². The number of fused-ring (bicyclic) bond motifs is 1. The van der Waals surface area contributed by atoms with E-state index in [0.717, 1.165) is 10.9 Å². The fourth-order valence-corrected chi connectivity index (χ4v) is 1.75. The molecule has 0 fully saturated rings. The minimum absolute atomic E-state index is 0.150. The maximum Gasteiger partial charge on any atom is 0.223 e. The fraction of sp³-hybridized carbons (Fsp3) is 0.200. The second kappa shape index (κ2) is 4.64. The number of sulfonamides is 1. The quantitative estimate of drug-likeness (QED) is 0.817. The van der Waals surface area contributed by atoms with Crippen LogP contribution in [-0.2, 0) is 10.0 Å². The molecular weight excluding hydrogens is 240 g/mol. The van der Waals surface area contributed by atoms with Crippen molar-refractivity contribution in [3.63, 3.8) is 0 Å². The third-order valence-corrected chi connectivity index (χ3v) is 2.93. The van der Waals surface area contributed by atoms with Gasteiger partial charge in [0.1, 0.15) is 0 Å². The first-order valence-corrected chi connectivity index (χ1v) is 6.72. The number of hydrogen-bond donors (Lipinski definition) is 2. The van der Waals surface area contributed by atoms with Gasteiger partial charge in [-0.15, -0.1) is 0 Å². The fourth-order valence-electron chi connectivity index (χ4n) is 1.36. The van der Waals surface area contributed by atoms with E-state index >= 15 is 0 Å². The Morgan fingerprint density at radius 1 is 1.29 bits per heavy atom. The van der Waals surface area contributed by atoms with Gasteiger partial charge in [-0.1, -0.05) is 18.2 Å². The molecule has 0 atom stereocenters. The number of nitrogens with two attached hydrogens (primary N) is 1. The molecular formula is C10H12N4O2S. The van der Waals surface area contributed by atoms with Gasteiger partial charge in [0.2, 0.25) is 16.0 Å². The predicted octanol–water partition coefficient (Wildman–Crippen LogP) is 0.330. The average molecular weight is 252 g/mol. The van der Waals surface area contributed by atoms with Crippen LogP contribution in [-0.4, -0.2) is 30.7 Å². The highest BCUT2D eigenvalue weighted by molar-refractivity contribution is 7.89. The lowest BCUT2D eigenvalue weighted by Gasteiger charge is -2.04. The van der Waals surface area contributed by atoms with Crippen LogP contribution in [0, 0.1) is 0 Å². The van der Waals surface area contributed by atoms with Crippen LogP contribution >= 0.6 is 0 Å². The Kier molecular flexibility index (Phi) is 3.21. The summed E-state index contributed by atoms with van der Waals surface area (Å²) in [5.41, 5.74) is 0.806. The highest BCUT2D eigenvalue weighted by Gasteiger charge is 2.03. The van der Waals surface area contributed by atoms with Crippen LogP contribution in [0.5, 0.6) is 0 Å². The molecule has 0 radical (unpaired) electrons. The van der Waals surface area contributed by atoms with E-state index in [-0.39, 0.29) is 12.3 Å². The Hall–Kier alpha value is -1.73. The molecule has 2 aromatic rings. The van der Waals surface area contributed by atoms with Crippen LogP contribution in [0.1, 0.15) is 0 Å². The number of nitrogens with one attached hydrogen (secondary N) is 1. The Morgan fingerprint density at radius 2 is 2.06 bits per heavy atom. The minimum atomic E-state index is -3.45. The van der Waals surface area contributed by atoms with Crippen LogP contribution < -0.4 is 10.5 Å². The second-order valence-electron chi connectivity index (χ2n) is 3.55. The van der Waals surface area contributed by atoms with Gasteiger partial charge in [0.25, 0.3) is 0 Å². The average Bonchev–Trinajstić information content (AvgIpc) is 2.27. The van der Waals surface area contributed by atoms with Crippen LogP contribution in [0.2, 0.25) is 0 Å². The molecule has 0 bridgehead atoms. The van der Waals surface area contributed by atoms with Gasteiger partial charge in [-0.2, -0.15) is 0 Å². The van der Waals surface area contributed by atoms with Crippen LogP contribution in [0.4, 0.5) is 5.95 Å². The van der Waals surface area contributed by atoms with E-state index in [1.54, 1.807) is 6.20 Å². The number of hydrogen-bond acceptors (Lipinski definition) is 5. The van der Waals surface area contributed by atoms with Gasteiger partial charge < -0.3 is 5.32 Å². The summed E-state index contributed by atoms with van der Waals surface area (Å²) in [7, 11) is -3.45. The van der Waals surface area contributed by atoms with E-state index in [0.29, 0.717) is 5.95 Å². The van der Waals surface area contributed by atoms with Crippen molar-refractivity contribution in [1.82, 2.24) is 9.97 Å². The van der Waals surface area contributed by atoms with E-state index in [4.69, 9.17) is 5.14 Å². The molecule has 0 unspecified atom stereocenters. The topological polar surface area (TPSA) is 98.0 Å². The summed E-state index contributed by atoms with van der Waals surface area (Å²) in [5, 5.41) is 8.63. The summed E-state index contributed by atoms with van der Waals surface area (Å²) in [4.78, 5) is 8.31. The number of nitrogens with zero attached hydrogens (tertiary/aromatic N) is 2. The summed E-state index contributed by atoms with van der Waals surface area (Å²) in [5.74, 6) is 0.246. The van der Waals surface area contributed by atoms with E-state index in [2.05, 4.69) is 15.3 Å². The highest BCUT2D eigenvalue weighted by Crippen LogP contribution is 2.11. The lowest BCUT2D eigenvalue weighted by molar-refractivity contribution is 0.598.